The van der Waals surface area contributed by atoms with Crippen LogP contribution in [0, 0.1) is 13.1 Å². The molecule has 0 amide bonds. The molecule has 0 unspecified atom stereocenters. The van der Waals surface area contributed by atoms with Gasteiger partial charge in [-0.05, 0) is 15.9 Å². The average Bonchev–Trinajstić information content (AvgIpc) is 3.39. The van der Waals surface area contributed by atoms with Gasteiger partial charge in [0.2, 0.25) is 10.7 Å². The lowest BCUT2D eigenvalue weighted by molar-refractivity contribution is 0.940. The van der Waals surface area contributed by atoms with Crippen molar-refractivity contribution in [3.05, 3.63) is 52.4 Å². The molecule has 0 aliphatic carbocycles. The molecule has 0 spiro atoms. The number of halogens is 1. The third kappa shape index (κ3) is 4.83. The smallest absolute Gasteiger partial charge is 0.260 e. The number of hydrogen-bond donors (Lipinski definition) is 1. The summed E-state index contributed by atoms with van der Waals surface area (Å²) in [6.07, 6.45) is 6.04. The van der Waals surface area contributed by atoms with E-state index in [0.717, 1.165) is 0 Å². The lowest BCUT2D eigenvalue weighted by Crippen LogP contribution is -1.97. The summed E-state index contributed by atoms with van der Waals surface area (Å²) in [6, 6.07) is 0. The van der Waals surface area contributed by atoms with Gasteiger partial charge < -0.3 is 5.73 Å². The number of thiazole rings is 2. The average molecular weight is 472 g/mol. The SMILES string of the molecule is [C-]#[N+]c1cnc(-c2cnc(Br)nn2)s1.[C-]#[N+]c1cnc(-c2cnc(N)nn2)s1. The van der Waals surface area contributed by atoms with Crippen LogP contribution < -0.4 is 5.73 Å². The maximum absolute atomic E-state index is 6.79. The van der Waals surface area contributed by atoms with Crippen molar-refractivity contribution < 1.29 is 0 Å². The van der Waals surface area contributed by atoms with Gasteiger partial charge in [0.05, 0.1) is 25.5 Å². The largest absolute Gasteiger partial charge is 0.366 e. The van der Waals surface area contributed by atoms with Crippen molar-refractivity contribution in [2.45, 2.75) is 0 Å². The Morgan fingerprint density at radius 2 is 1.29 bits per heavy atom. The third-order valence-corrected chi connectivity index (χ3v) is 4.95. The Labute approximate surface area is 174 Å². The molecule has 0 aliphatic rings. The summed E-state index contributed by atoms with van der Waals surface area (Å²) in [7, 11) is 0. The predicted molar refractivity (Wildman–Crippen MR) is 107 cm³/mol. The molecule has 4 aromatic rings. The lowest BCUT2D eigenvalue weighted by atomic mass is 10.5. The molecule has 0 aromatic carbocycles. The van der Waals surface area contributed by atoms with Crippen LogP contribution in [-0.4, -0.2) is 40.3 Å². The van der Waals surface area contributed by atoms with Gasteiger partial charge in [-0.15, -0.1) is 43.1 Å². The molecule has 136 valence electrons. The fourth-order valence-corrected chi connectivity index (χ4v) is 3.10. The molecule has 11 nitrogen and oxygen atoms in total. The number of nitrogens with two attached hydrogens (primary N) is 1. The third-order valence-electron chi connectivity index (χ3n) is 2.76. The molecule has 14 heteroatoms. The zero-order chi connectivity index (χ0) is 19.9. The van der Waals surface area contributed by atoms with E-state index in [0.29, 0.717) is 36.1 Å². The van der Waals surface area contributed by atoms with E-state index in [1.54, 1.807) is 6.20 Å². The molecule has 0 aliphatic heterocycles. The Morgan fingerprint density at radius 3 is 1.68 bits per heavy atom. The van der Waals surface area contributed by atoms with Crippen LogP contribution in [0.15, 0.2) is 29.5 Å². The van der Waals surface area contributed by atoms with Crippen LogP contribution in [0.2, 0.25) is 0 Å². The summed E-state index contributed by atoms with van der Waals surface area (Å²) >= 11 is 5.60. The molecular formula is C14H6BrN11S2. The minimum atomic E-state index is 0.121. The Morgan fingerprint density at radius 1 is 0.750 bits per heavy atom. The van der Waals surface area contributed by atoms with Gasteiger partial charge in [-0.2, -0.15) is 0 Å². The highest BCUT2D eigenvalue weighted by molar-refractivity contribution is 9.10. The zero-order valence-electron chi connectivity index (χ0n) is 13.6. The van der Waals surface area contributed by atoms with Crippen LogP contribution in [0.5, 0.6) is 0 Å². The first-order valence-electron chi connectivity index (χ1n) is 7.06. The monoisotopic (exact) mass is 471 g/mol. The molecule has 0 saturated heterocycles. The molecule has 0 fully saturated rings. The summed E-state index contributed by atoms with van der Waals surface area (Å²) in [6.45, 7) is 13.6. The molecule has 2 N–H and O–H groups in total. The van der Waals surface area contributed by atoms with Crippen LogP contribution >= 0.6 is 38.6 Å². The normalized spacial score (nSPS) is 9.68. The van der Waals surface area contributed by atoms with Crippen LogP contribution in [0.4, 0.5) is 16.0 Å². The van der Waals surface area contributed by atoms with E-state index in [4.69, 9.17) is 18.9 Å². The van der Waals surface area contributed by atoms with Crippen LogP contribution in [-0.2, 0) is 0 Å². The topological polar surface area (TPSA) is 138 Å². The quantitative estimate of drug-likeness (QED) is 0.435. The molecule has 0 bridgehead atoms. The Hall–Kier alpha value is -3.46. The molecule has 4 aromatic heterocycles. The Balaban J connectivity index is 0.000000161. The van der Waals surface area contributed by atoms with E-state index < -0.39 is 0 Å². The Kier molecular flexibility index (Phi) is 6.18. The molecular weight excluding hydrogens is 466 g/mol. The van der Waals surface area contributed by atoms with E-state index in [1.165, 1.54) is 41.3 Å². The minimum absolute atomic E-state index is 0.121. The second kappa shape index (κ2) is 8.96. The van der Waals surface area contributed by atoms with Crippen LogP contribution in [0.25, 0.3) is 31.1 Å². The van der Waals surface area contributed by atoms with Gasteiger partial charge in [0.25, 0.3) is 10.0 Å². The first-order chi connectivity index (χ1) is 13.6. The number of aromatic nitrogens is 8. The van der Waals surface area contributed by atoms with Gasteiger partial charge in [-0.25, -0.2) is 19.7 Å². The number of anilines is 1. The Bertz CT molecular complexity index is 1060. The highest BCUT2D eigenvalue weighted by Gasteiger charge is 2.07. The molecule has 0 atom stereocenters. The highest BCUT2D eigenvalue weighted by atomic mass is 79.9. The van der Waals surface area contributed by atoms with Crippen molar-refractivity contribution in [3.8, 4) is 21.4 Å². The van der Waals surface area contributed by atoms with Gasteiger partial charge >= 0.3 is 0 Å². The van der Waals surface area contributed by atoms with E-state index in [1.807, 2.05) is 0 Å². The summed E-state index contributed by atoms with van der Waals surface area (Å²) in [5, 5.41) is 17.3. The first-order valence-corrected chi connectivity index (χ1v) is 9.49. The number of hydrogen-bond acceptors (Lipinski definition) is 11. The van der Waals surface area contributed by atoms with E-state index >= 15 is 0 Å². The van der Waals surface area contributed by atoms with Gasteiger partial charge in [-0.3, -0.25) is 9.97 Å². The highest BCUT2D eigenvalue weighted by Crippen LogP contribution is 2.29. The van der Waals surface area contributed by atoms with Crippen molar-refractivity contribution in [1.82, 2.24) is 40.3 Å². The van der Waals surface area contributed by atoms with Gasteiger partial charge in [0, 0.05) is 12.4 Å². The molecule has 4 rings (SSSR count). The second-order valence-corrected chi connectivity index (χ2v) is 7.27. The molecule has 0 saturated carbocycles. The lowest BCUT2D eigenvalue weighted by Gasteiger charge is -1.92. The second-order valence-electron chi connectivity index (χ2n) is 4.55. The van der Waals surface area contributed by atoms with E-state index in [2.05, 4.69) is 66.0 Å². The number of nitrogens with zero attached hydrogens (tertiary/aromatic N) is 10. The standard InChI is InChI=1S/C7H2BrN5S.C7H4N6S/c2*1-9-5-3-10-6(14-5)4-2-11-7(8)13-12-4/h2-3H;2-3H,(H2,8,11,13). The van der Waals surface area contributed by atoms with Crippen molar-refractivity contribution in [2.24, 2.45) is 0 Å². The first kappa shape index (κ1) is 19.3. The summed E-state index contributed by atoms with van der Waals surface area (Å²) < 4.78 is 0.434. The summed E-state index contributed by atoms with van der Waals surface area (Å²) in [5.41, 5.74) is 6.39. The van der Waals surface area contributed by atoms with E-state index in [9.17, 15) is 0 Å². The fourth-order valence-electron chi connectivity index (χ4n) is 1.61. The van der Waals surface area contributed by atoms with Crippen molar-refractivity contribution in [1.29, 1.82) is 0 Å². The number of nitrogen functional groups attached to an aromatic ring is 1. The van der Waals surface area contributed by atoms with Crippen molar-refractivity contribution >= 4 is 54.6 Å². The zero-order valence-corrected chi connectivity index (χ0v) is 16.8. The molecule has 28 heavy (non-hydrogen) atoms. The van der Waals surface area contributed by atoms with E-state index in [-0.39, 0.29) is 5.95 Å². The maximum atomic E-state index is 6.79. The van der Waals surface area contributed by atoms with Crippen molar-refractivity contribution in [3.63, 3.8) is 0 Å². The molecule has 4 heterocycles. The minimum Gasteiger partial charge on any atom is -0.366 e. The van der Waals surface area contributed by atoms with Gasteiger partial charge in [0.1, 0.15) is 21.4 Å². The summed E-state index contributed by atoms with van der Waals surface area (Å²) in [4.78, 5) is 22.3. The van der Waals surface area contributed by atoms with Gasteiger partial charge in [-0.1, -0.05) is 0 Å². The van der Waals surface area contributed by atoms with Crippen LogP contribution in [0.1, 0.15) is 0 Å². The number of rotatable bonds is 2. The van der Waals surface area contributed by atoms with Crippen molar-refractivity contribution in [2.75, 3.05) is 5.73 Å². The molecule has 0 radical (unpaired) electrons. The predicted octanol–water partition coefficient (Wildman–Crippen LogP) is 3.44. The fraction of sp³-hybridized carbons (Fsp3) is 0. The van der Waals surface area contributed by atoms with Crippen LogP contribution in [0.3, 0.4) is 0 Å². The maximum Gasteiger partial charge on any atom is 0.260 e. The van der Waals surface area contributed by atoms with Gasteiger partial charge in [0.15, 0.2) is 0 Å². The summed E-state index contributed by atoms with van der Waals surface area (Å²) in [5.74, 6) is 0.121.